The maximum absolute atomic E-state index is 13.3. The Bertz CT molecular complexity index is 1730. The summed E-state index contributed by atoms with van der Waals surface area (Å²) in [5.41, 5.74) is 9.68. The van der Waals surface area contributed by atoms with Gasteiger partial charge in [-0.05, 0) is 66.1 Å². The number of nitrogens with zero attached hydrogens (tertiary/aromatic N) is 3. The number of halogens is 1. The van der Waals surface area contributed by atoms with Crippen molar-refractivity contribution in [2.75, 3.05) is 71.5 Å². The van der Waals surface area contributed by atoms with Crippen LogP contribution in [0.5, 0.6) is 5.75 Å². The summed E-state index contributed by atoms with van der Waals surface area (Å²) in [5.74, 6) is 0.371. The van der Waals surface area contributed by atoms with Gasteiger partial charge in [-0.25, -0.2) is 4.98 Å². The van der Waals surface area contributed by atoms with Crippen LogP contribution in [0.25, 0.3) is 17.2 Å². The van der Waals surface area contributed by atoms with Gasteiger partial charge in [0.1, 0.15) is 17.7 Å². The zero-order valence-electron chi connectivity index (χ0n) is 29.2. The highest BCUT2D eigenvalue weighted by molar-refractivity contribution is 6.32. The maximum atomic E-state index is 13.3. The second-order valence-electron chi connectivity index (χ2n) is 12.3. The highest BCUT2D eigenvalue weighted by Crippen LogP contribution is 2.39. The molecule has 0 saturated carbocycles. The van der Waals surface area contributed by atoms with E-state index >= 15 is 0 Å². The number of nitrogens with two attached hydrogens (primary N) is 1. The SMILES string of the molecule is CCOC(=O)CCOCCOCCC(=O)N1CCN(C(=O)c2ccc(-c3cc(Cl)c4c(c3)CC(CNC(=O)/C=C/c3ccc(N)nc3)O4)cc2)CC1. The van der Waals surface area contributed by atoms with Gasteiger partial charge in [-0.1, -0.05) is 23.7 Å². The first-order valence-electron chi connectivity index (χ1n) is 17.3. The van der Waals surface area contributed by atoms with Crippen molar-refractivity contribution in [3.63, 3.8) is 0 Å². The van der Waals surface area contributed by atoms with Gasteiger partial charge in [-0.15, -0.1) is 0 Å². The third-order valence-electron chi connectivity index (χ3n) is 8.57. The van der Waals surface area contributed by atoms with Crippen LogP contribution in [0.15, 0.2) is 60.8 Å². The Hall–Kier alpha value is -4.98. The third kappa shape index (κ3) is 11.0. The highest BCUT2D eigenvalue weighted by Gasteiger charge is 2.27. The molecule has 0 aliphatic carbocycles. The molecular weight excluding hydrogens is 690 g/mol. The molecule has 1 aromatic heterocycles. The first kappa shape index (κ1) is 38.3. The van der Waals surface area contributed by atoms with Gasteiger partial charge in [0.2, 0.25) is 11.8 Å². The van der Waals surface area contributed by atoms with Gasteiger partial charge in [0.15, 0.2) is 0 Å². The zero-order chi connectivity index (χ0) is 36.9. The summed E-state index contributed by atoms with van der Waals surface area (Å²) in [6, 6.07) is 14.7. The molecule has 0 radical (unpaired) electrons. The molecule has 1 saturated heterocycles. The molecule has 3 heterocycles. The Morgan fingerprint density at radius 3 is 2.35 bits per heavy atom. The summed E-state index contributed by atoms with van der Waals surface area (Å²) in [4.78, 5) is 57.1. The minimum Gasteiger partial charge on any atom is -0.486 e. The number of nitrogen functional groups attached to an aromatic ring is 1. The Morgan fingerprint density at radius 1 is 0.942 bits per heavy atom. The largest absolute Gasteiger partial charge is 0.486 e. The van der Waals surface area contributed by atoms with Gasteiger partial charge in [0.05, 0.1) is 57.4 Å². The van der Waals surface area contributed by atoms with Gasteiger partial charge in [0, 0.05) is 56.0 Å². The lowest BCUT2D eigenvalue weighted by Gasteiger charge is -2.35. The second kappa shape index (κ2) is 19.0. The molecule has 5 rings (SSSR count). The van der Waals surface area contributed by atoms with E-state index in [1.54, 1.807) is 53.3 Å². The summed E-state index contributed by atoms with van der Waals surface area (Å²) < 4.78 is 21.7. The Balaban J connectivity index is 1.02. The van der Waals surface area contributed by atoms with Crippen LogP contribution in [-0.4, -0.2) is 110 Å². The monoisotopic (exact) mass is 733 g/mol. The molecule has 1 atom stereocenters. The fourth-order valence-corrected chi connectivity index (χ4v) is 6.09. The maximum Gasteiger partial charge on any atom is 0.308 e. The lowest BCUT2D eigenvalue weighted by atomic mass is 9.99. The van der Waals surface area contributed by atoms with Crippen LogP contribution in [0.1, 0.15) is 41.3 Å². The quantitative estimate of drug-likeness (QED) is 0.126. The van der Waals surface area contributed by atoms with Crippen LogP contribution in [0.3, 0.4) is 0 Å². The van der Waals surface area contributed by atoms with Crippen LogP contribution in [0.4, 0.5) is 5.82 Å². The fourth-order valence-electron chi connectivity index (χ4n) is 5.80. The van der Waals surface area contributed by atoms with E-state index in [4.69, 9.17) is 36.3 Å². The van der Waals surface area contributed by atoms with Gasteiger partial charge < -0.3 is 39.8 Å². The number of hydrogen-bond acceptors (Lipinski definition) is 10. The topological polar surface area (TPSA) is 163 Å². The highest BCUT2D eigenvalue weighted by atomic mass is 35.5. The number of anilines is 1. The van der Waals surface area contributed by atoms with Crippen molar-refractivity contribution in [2.45, 2.75) is 32.3 Å². The Kier molecular flexibility index (Phi) is 14.0. The number of pyridine rings is 1. The van der Waals surface area contributed by atoms with Crippen LogP contribution >= 0.6 is 11.6 Å². The molecule has 0 spiro atoms. The average molecular weight is 734 g/mol. The average Bonchev–Trinajstić information content (AvgIpc) is 3.58. The van der Waals surface area contributed by atoms with E-state index in [0.29, 0.717) is 81.1 Å². The molecule has 2 aromatic carbocycles. The van der Waals surface area contributed by atoms with Crippen molar-refractivity contribution in [3.05, 3.63) is 82.5 Å². The Morgan fingerprint density at radius 2 is 1.65 bits per heavy atom. The molecule has 0 bridgehead atoms. The van der Waals surface area contributed by atoms with Crippen LogP contribution < -0.4 is 15.8 Å². The van der Waals surface area contributed by atoms with Crippen molar-refractivity contribution in [2.24, 2.45) is 0 Å². The molecule has 1 unspecified atom stereocenters. The number of benzene rings is 2. The third-order valence-corrected chi connectivity index (χ3v) is 8.85. The first-order chi connectivity index (χ1) is 25.2. The van der Waals surface area contributed by atoms with E-state index < -0.39 is 0 Å². The minimum absolute atomic E-state index is 0.0188. The van der Waals surface area contributed by atoms with E-state index in [1.165, 1.54) is 6.08 Å². The van der Waals surface area contributed by atoms with Gasteiger partial charge in [-0.2, -0.15) is 0 Å². The molecule has 3 N–H and O–H groups in total. The van der Waals surface area contributed by atoms with Crippen LogP contribution in [-0.2, 0) is 35.0 Å². The van der Waals surface area contributed by atoms with E-state index in [1.807, 2.05) is 24.3 Å². The number of rotatable bonds is 16. The number of ether oxygens (including phenoxy) is 4. The number of carbonyl (C=O) groups excluding carboxylic acids is 4. The number of nitrogens with one attached hydrogen (secondary N) is 1. The van der Waals surface area contributed by atoms with Gasteiger partial charge in [-0.3, -0.25) is 19.2 Å². The summed E-state index contributed by atoms with van der Waals surface area (Å²) in [7, 11) is 0. The van der Waals surface area contributed by atoms with Crippen molar-refractivity contribution >= 4 is 47.2 Å². The summed E-state index contributed by atoms with van der Waals surface area (Å²) in [5, 5.41) is 3.35. The molecule has 14 heteroatoms. The van der Waals surface area contributed by atoms with E-state index in [-0.39, 0.29) is 55.9 Å². The summed E-state index contributed by atoms with van der Waals surface area (Å²) in [6.45, 7) is 5.42. The fraction of sp³-hybridized carbons (Fsp3) is 0.395. The lowest BCUT2D eigenvalue weighted by molar-refractivity contribution is -0.144. The molecule has 3 amide bonds. The molecule has 13 nitrogen and oxygen atoms in total. The van der Waals surface area contributed by atoms with E-state index in [0.717, 1.165) is 22.3 Å². The number of esters is 1. The first-order valence-corrected chi connectivity index (χ1v) is 17.7. The second-order valence-corrected chi connectivity index (χ2v) is 12.7. The number of hydrogen-bond donors (Lipinski definition) is 2. The minimum atomic E-state index is -0.294. The van der Waals surface area contributed by atoms with Crippen molar-refractivity contribution in [1.82, 2.24) is 20.1 Å². The van der Waals surface area contributed by atoms with E-state index in [2.05, 4.69) is 10.3 Å². The number of fused-ring (bicyclic) bond motifs is 1. The molecular formula is C38H44ClN5O8. The smallest absolute Gasteiger partial charge is 0.308 e. The van der Waals surface area contributed by atoms with Crippen molar-refractivity contribution < 1.29 is 38.1 Å². The van der Waals surface area contributed by atoms with Gasteiger partial charge >= 0.3 is 5.97 Å². The Labute approximate surface area is 308 Å². The number of carbonyl (C=O) groups is 4. The van der Waals surface area contributed by atoms with E-state index in [9.17, 15) is 19.2 Å². The molecule has 3 aromatic rings. The normalized spacial score (nSPS) is 15.3. The number of amides is 3. The van der Waals surface area contributed by atoms with Gasteiger partial charge in [0.25, 0.3) is 5.91 Å². The molecule has 2 aliphatic heterocycles. The number of piperazine rings is 1. The molecule has 276 valence electrons. The predicted molar refractivity (Wildman–Crippen MR) is 196 cm³/mol. The molecule has 52 heavy (non-hydrogen) atoms. The predicted octanol–water partition coefficient (Wildman–Crippen LogP) is 3.78. The van der Waals surface area contributed by atoms with Crippen molar-refractivity contribution in [3.8, 4) is 16.9 Å². The zero-order valence-corrected chi connectivity index (χ0v) is 29.9. The molecule has 1 fully saturated rings. The van der Waals surface area contributed by atoms with Crippen molar-refractivity contribution in [1.29, 1.82) is 0 Å². The van der Waals surface area contributed by atoms with Crippen LogP contribution in [0, 0.1) is 0 Å². The summed E-state index contributed by atoms with van der Waals surface area (Å²) in [6.07, 6.45) is 5.46. The lowest BCUT2D eigenvalue weighted by Crippen LogP contribution is -2.50. The summed E-state index contributed by atoms with van der Waals surface area (Å²) >= 11 is 6.62. The van der Waals surface area contributed by atoms with Crippen LogP contribution in [0.2, 0.25) is 5.02 Å². The molecule has 2 aliphatic rings. The standard InChI is InChI=1S/C38H44ClN5O8/c1-2-51-36(47)12-18-50-20-19-49-17-11-35(46)43-13-15-44(16-14-43)38(48)28-7-5-27(6-8-28)29-21-30-22-31(52-37(30)32(39)23-29)25-42-34(45)10-4-26-3-9-33(40)41-24-26/h3-10,21,23-24,31H,2,11-20,22,25H2,1H3,(H2,40,41)(H,42,45)/b10-4+. The number of aromatic nitrogens is 1.